The number of benzene rings is 1. The average molecular weight is 293 g/mol. The van der Waals surface area contributed by atoms with Crippen LogP contribution in [-0.4, -0.2) is 0 Å². The summed E-state index contributed by atoms with van der Waals surface area (Å²) in [7, 11) is 0. The average Bonchev–Trinajstić information content (AvgIpc) is 3.24. The van der Waals surface area contributed by atoms with E-state index in [-0.39, 0.29) is 5.54 Å². The summed E-state index contributed by atoms with van der Waals surface area (Å²) in [6, 6.07) is 10.8. The highest BCUT2D eigenvalue weighted by atomic mass is 16.5. The second-order valence-corrected chi connectivity index (χ2v) is 6.63. The fraction of sp³-hybridized carbons (Fsp3) is 0.368. The summed E-state index contributed by atoms with van der Waals surface area (Å²) in [6.45, 7) is 3.05. The molecule has 0 bridgehead atoms. The van der Waals surface area contributed by atoms with Crippen molar-refractivity contribution < 1.29 is 8.83 Å². The molecule has 2 aromatic heterocycles. The van der Waals surface area contributed by atoms with Crippen molar-refractivity contribution in [3.63, 3.8) is 0 Å². The summed E-state index contributed by atoms with van der Waals surface area (Å²) in [5, 5.41) is 1.17. The van der Waals surface area contributed by atoms with Gasteiger partial charge in [-0.15, -0.1) is 0 Å². The van der Waals surface area contributed by atoms with Gasteiger partial charge in [-0.3, -0.25) is 0 Å². The normalized spacial score (nSPS) is 19.4. The van der Waals surface area contributed by atoms with Crippen molar-refractivity contribution in [3.05, 3.63) is 53.5 Å². The molecule has 1 aliphatic heterocycles. The van der Waals surface area contributed by atoms with Crippen molar-refractivity contribution in [1.29, 1.82) is 0 Å². The molecule has 112 valence electrons. The monoisotopic (exact) mass is 293 g/mol. The molecule has 22 heavy (non-hydrogen) atoms. The van der Waals surface area contributed by atoms with E-state index in [1.165, 1.54) is 47.9 Å². The van der Waals surface area contributed by atoms with E-state index in [2.05, 4.69) is 42.2 Å². The molecule has 1 saturated carbocycles. The molecule has 1 aliphatic carbocycles. The fourth-order valence-electron chi connectivity index (χ4n) is 4.59. The second-order valence-electron chi connectivity index (χ2n) is 6.63. The van der Waals surface area contributed by atoms with Crippen LogP contribution in [0.2, 0.25) is 0 Å². The lowest BCUT2D eigenvalue weighted by Crippen LogP contribution is -2.39. The fourth-order valence-corrected chi connectivity index (χ4v) is 4.59. The number of para-hydroxylation sites is 1. The highest BCUT2D eigenvalue weighted by Gasteiger charge is 2.50. The molecule has 2 aliphatic rings. The molecule has 0 radical (unpaired) electrons. The van der Waals surface area contributed by atoms with Crippen LogP contribution in [0.15, 0.2) is 45.4 Å². The van der Waals surface area contributed by atoms with Crippen LogP contribution in [0.5, 0.6) is 0 Å². The Bertz CT molecular complexity index is 851. The molecule has 0 atom stereocenters. The first-order valence-electron chi connectivity index (χ1n) is 8.12. The maximum absolute atomic E-state index is 6.02. The van der Waals surface area contributed by atoms with E-state index in [9.17, 15) is 0 Å². The van der Waals surface area contributed by atoms with Gasteiger partial charge in [0, 0.05) is 11.3 Å². The first kappa shape index (κ1) is 12.4. The Labute approximate surface area is 129 Å². The number of aryl methyl sites for hydroxylation is 1. The predicted octanol–water partition coefficient (Wildman–Crippen LogP) is 5.12. The predicted molar refractivity (Wildman–Crippen MR) is 86.0 cm³/mol. The van der Waals surface area contributed by atoms with Gasteiger partial charge in [0.05, 0.1) is 23.7 Å². The Morgan fingerprint density at radius 1 is 1.09 bits per heavy atom. The molecule has 1 fully saturated rings. The van der Waals surface area contributed by atoms with Crippen LogP contribution in [0.4, 0.5) is 5.69 Å². The van der Waals surface area contributed by atoms with Gasteiger partial charge in [-0.2, -0.15) is 0 Å². The van der Waals surface area contributed by atoms with Crippen LogP contribution in [0, 0.1) is 6.92 Å². The minimum Gasteiger partial charge on any atom is -0.433 e. The zero-order valence-corrected chi connectivity index (χ0v) is 12.8. The number of furan rings is 2. The third-order valence-corrected chi connectivity index (χ3v) is 5.51. The van der Waals surface area contributed by atoms with Crippen LogP contribution in [0.25, 0.3) is 11.2 Å². The minimum absolute atomic E-state index is 0.0938. The van der Waals surface area contributed by atoms with Gasteiger partial charge >= 0.3 is 0 Å². The van der Waals surface area contributed by atoms with Gasteiger partial charge in [0.2, 0.25) is 0 Å². The summed E-state index contributed by atoms with van der Waals surface area (Å²) in [6.07, 6.45) is 6.72. The number of rotatable bonds is 1. The first-order chi connectivity index (χ1) is 10.8. The molecule has 3 heterocycles. The Morgan fingerprint density at radius 3 is 2.73 bits per heavy atom. The van der Waals surface area contributed by atoms with Crippen LogP contribution in [0.1, 0.15) is 42.6 Å². The third-order valence-electron chi connectivity index (χ3n) is 5.51. The van der Waals surface area contributed by atoms with Gasteiger partial charge < -0.3 is 13.7 Å². The number of hydrogen-bond acceptors (Lipinski definition) is 3. The van der Waals surface area contributed by atoms with Gasteiger partial charge in [-0.05, 0) is 37.5 Å². The van der Waals surface area contributed by atoms with Crippen molar-refractivity contribution in [1.82, 2.24) is 0 Å². The lowest BCUT2D eigenvalue weighted by atomic mass is 9.88. The van der Waals surface area contributed by atoms with E-state index < -0.39 is 0 Å². The summed E-state index contributed by atoms with van der Waals surface area (Å²) in [5.74, 6) is 1.79. The summed E-state index contributed by atoms with van der Waals surface area (Å²) >= 11 is 0. The maximum Gasteiger partial charge on any atom is 0.297 e. The van der Waals surface area contributed by atoms with Crippen LogP contribution < -0.4 is 4.90 Å². The van der Waals surface area contributed by atoms with E-state index in [0.717, 1.165) is 12.3 Å². The topological polar surface area (TPSA) is 29.5 Å². The minimum atomic E-state index is 0.0938. The third kappa shape index (κ3) is 1.41. The van der Waals surface area contributed by atoms with Crippen LogP contribution in [0.3, 0.4) is 0 Å². The largest absolute Gasteiger partial charge is 0.433 e. The van der Waals surface area contributed by atoms with E-state index in [1.54, 1.807) is 6.26 Å². The Morgan fingerprint density at radius 2 is 1.91 bits per heavy atom. The number of fused-ring (bicyclic) bond motifs is 4. The van der Waals surface area contributed by atoms with Crippen molar-refractivity contribution in [3.8, 4) is 0 Å². The molecule has 1 spiro atoms. The quantitative estimate of drug-likeness (QED) is 0.623. The molecular formula is C19H19NO2. The molecule has 3 aromatic rings. The molecule has 5 rings (SSSR count). The van der Waals surface area contributed by atoms with Gasteiger partial charge in [-0.1, -0.05) is 31.0 Å². The Balaban J connectivity index is 1.75. The van der Waals surface area contributed by atoms with Gasteiger partial charge in [0.25, 0.3) is 5.78 Å². The molecule has 0 unspecified atom stereocenters. The van der Waals surface area contributed by atoms with Crippen molar-refractivity contribution in [2.45, 2.75) is 44.7 Å². The Kier molecular flexibility index (Phi) is 2.36. The van der Waals surface area contributed by atoms with Crippen LogP contribution >= 0.6 is 0 Å². The van der Waals surface area contributed by atoms with Gasteiger partial charge in [-0.25, -0.2) is 0 Å². The zero-order valence-electron chi connectivity index (χ0n) is 12.8. The molecule has 0 amide bonds. The maximum atomic E-state index is 6.02. The van der Waals surface area contributed by atoms with E-state index in [1.807, 2.05) is 0 Å². The molecule has 3 heteroatoms. The SMILES string of the molecule is Cc1ccccc1N1Cc2oc3occc3c2C12CCCC2. The lowest BCUT2D eigenvalue weighted by molar-refractivity contribution is 0.432. The highest BCUT2D eigenvalue weighted by molar-refractivity contribution is 5.82. The van der Waals surface area contributed by atoms with E-state index >= 15 is 0 Å². The van der Waals surface area contributed by atoms with Crippen LogP contribution in [-0.2, 0) is 12.1 Å². The van der Waals surface area contributed by atoms with Crippen molar-refractivity contribution in [2.75, 3.05) is 4.90 Å². The van der Waals surface area contributed by atoms with E-state index in [0.29, 0.717) is 5.78 Å². The number of anilines is 1. The molecule has 3 nitrogen and oxygen atoms in total. The summed E-state index contributed by atoms with van der Waals surface area (Å²) < 4.78 is 11.5. The van der Waals surface area contributed by atoms with Crippen molar-refractivity contribution >= 4 is 16.9 Å². The summed E-state index contributed by atoms with van der Waals surface area (Å²) in [4.78, 5) is 2.58. The smallest absolute Gasteiger partial charge is 0.297 e. The number of nitrogens with zero attached hydrogens (tertiary/aromatic N) is 1. The standard InChI is InChI=1S/C19H19NO2/c1-13-6-2-3-7-15(13)20-12-16-17(19(20)9-4-5-10-19)14-8-11-21-18(14)22-16/h2-3,6-8,11H,4-5,9-10,12H2,1H3. The molecule has 0 N–H and O–H groups in total. The number of hydrogen-bond donors (Lipinski definition) is 0. The molecular weight excluding hydrogens is 274 g/mol. The van der Waals surface area contributed by atoms with Gasteiger partial charge in [0.1, 0.15) is 5.76 Å². The first-order valence-corrected chi connectivity index (χ1v) is 8.12. The second kappa shape index (κ2) is 4.19. The highest BCUT2D eigenvalue weighted by Crippen LogP contribution is 2.55. The molecule has 0 saturated heterocycles. The lowest BCUT2D eigenvalue weighted by Gasteiger charge is -2.38. The zero-order chi connectivity index (χ0) is 14.7. The van der Waals surface area contributed by atoms with Gasteiger partial charge in [0.15, 0.2) is 0 Å². The van der Waals surface area contributed by atoms with Crippen molar-refractivity contribution in [2.24, 2.45) is 0 Å². The van der Waals surface area contributed by atoms with E-state index in [4.69, 9.17) is 8.83 Å². The molecule has 1 aromatic carbocycles. The Hall–Kier alpha value is -2.16. The summed E-state index contributed by atoms with van der Waals surface area (Å²) in [5.41, 5.74) is 4.16.